The Balaban J connectivity index is 2.18. The van der Waals surface area contributed by atoms with Gasteiger partial charge in [0.15, 0.2) is 0 Å². The van der Waals surface area contributed by atoms with Crippen molar-refractivity contribution in [3.63, 3.8) is 0 Å². The van der Waals surface area contributed by atoms with Crippen molar-refractivity contribution in [1.82, 2.24) is 9.78 Å². The van der Waals surface area contributed by atoms with Crippen molar-refractivity contribution in [3.8, 4) is 0 Å². The van der Waals surface area contributed by atoms with Crippen LogP contribution >= 0.6 is 15.9 Å². The summed E-state index contributed by atoms with van der Waals surface area (Å²) in [6, 6.07) is 0. The van der Waals surface area contributed by atoms with Gasteiger partial charge in [0.25, 0.3) is 0 Å². The maximum atomic E-state index is 10.6. The second-order valence-corrected chi connectivity index (χ2v) is 6.55. The number of aliphatic hydroxyl groups excluding tert-OH is 1. The zero-order valence-corrected chi connectivity index (χ0v) is 14.0. The fourth-order valence-electron chi connectivity index (χ4n) is 3.08. The SMILES string of the molecule is CCc1nn(CC)c(CC(O)C2(O)CCCCC2)c1Br. The first-order valence-corrected chi connectivity index (χ1v) is 8.45. The number of rotatable bonds is 5. The van der Waals surface area contributed by atoms with Crippen LogP contribution < -0.4 is 0 Å². The van der Waals surface area contributed by atoms with E-state index in [-0.39, 0.29) is 0 Å². The molecule has 114 valence electrons. The zero-order chi connectivity index (χ0) is 14.8. The lowest BCUT2D eigenvalue weighted by Gasteiger charge is -2.36. The lowest BCUT2D eigenvalue weighted by molar-refractivity contribution is -0.0967. The molecular weight excluding hydrogens is 320 g/mol. The molecule has 1 fully saturated rings. The molecule has 5 heteroatoms. The highest BCUT2D eigenvalue weighted by atomic mass is 79.9. The van der Waals surface area contributed by atoms with Crippen molar-refractivity contribution in [2.45, 2.75) is 77.0 Å². The fraction of sp³-hybridized carbons (Fsp3) is 0.800. The summed E-state index contributed by atoms with van der Waals surface area (Å²) in [5, 5.41) is 25.7. The third-order valence-electron chi connectivity index (χ3n) is 4.42. The predicted molar refractivity (Wildman–Crippen MR) is 82.7 cm³/mol. The molecule has 0 spiro atoms. The van der Waals surface area contributed by atoms with Crippen LogP contribution in [0.2, 0.25) is 0 Å². The minimum atomic E-state index is -0.924. The first-order chi connectivity index (χ1) is 9.51. The largest absolute Gasteiger partial charge is 0.390 e. The summed E-state index contributed by atoms with van der Waals surface area (Å²) in [7, 11) is 0. The molecule has 0 bridgehead atoms. The average Bonchev–Trinajstić information content (AvgIpc) is 2.76. The van der Waals surface area contributed by atoms with Crippen LogP contribution in [0.4, 0.5) is 0 Å². The van der Waals surface area contributed by atoms with Crippen LogP contribution in [0.25, 0.3) is 0 Å². The third-order valence-corrected chi connectivity index (χ3v) is 5.34. The molecule has 1 aliphatic rings. The Morgan fingerprint density at radius 3 is 2.50 bits per heavy atom. The molecule has 1 aromatic rings. The number of aliphatic hydroxyl groups is 2. The normalized spacial score (nSPS) is 20.1. The first kappa shape index (κ1) is 16.0. The van der Waals surface area contributed by atoms with Crippen molar-refractivity contribution < 1.29 is 10.2 Å². The van der Waals surface area contributed by atoms with Crippen molar-refractivity contribution in [2.75, 3.05) is 0 Å². The molecule has 0 amide bonds. The summed E-state index contributed by atoms with van der Waals surface area (Å²) < 4.78 is 2.92. The molecular formula is C15H25BrN2O2. The van der Waals surface area contributed by atoms with E-state index in [1.54, 1.807) is 0 Å². The number of nitrogens with zero attached hydrogens (tertiary/aromatic N) is 2. The van der Waals surface area contributed by atoms with E-state index >= 15 is 0 Å². The first-order valence-electron chi connectivity index (χ1n) is 7.66. The molecule has 1 atom stereocenters. The van der Waals surface area contributed by atoms with Crippen LogP contribution in [0.3, 0.4) is 0 Å². The highest BCUT2D eigenvalue weighted by molar-refractivity contribution is 9.10. The minimum absolute atomic E-state index is 0.456. The summed E-state index contributed by atoms with van der Waals surface area (Å²) in [4.78, 5) is 0. The Morgan fingerprint density at radius 2 is 1.95 bits per heavy atom. The number of hydrogen-bond acceptors (Lipinski definition) is 3. The van der Waals surface area contributed by atoms with Crippen LogP contribution in [-0.4, -0.2) is 31.7 Å². The molecule has 1 aromatic heterocycles. The number of hydrogen-bond donors (Lipinski definition) is 2. The zero-order valence-electron chi connectivity index (χ0n) is 12.4. The Bertz CT molecular complexity index is 453. The summed E-state index contributed by atoms with van der Waals surface area (Å²) in [6.07, 6.45) is 5.17. The highest BCUT2D eigenvalue weighted by Gasteiger charge is 2.37. The smallest absolute Gasteiger partial charge is 0.0909 e. The van der Waals surface area contributed by atoms with Gasteiger partial charge in [-0.15, -0.1) is 0 Å². The molecule has 1 unspecified atom stereocenters. The molecule has 2 rings (SSSR count). The molecule has 1 aliphatic carbocycles. The molecule has 0 aliphatic heterocycles. The van der Waals surface area contributed by atoms with Gasteiger partial charge in [0.05, 0.1) is 27.6 Å². The van der Waals surface area contributed by atoms with Crippen LogP contribution in [0.15, 0.2) is 4.47 Å². The Kier molecular flexibility index (Phi) is 5.26. The van der Waals surface area contributed by atoms with Gasteiger partial charge in [-0.05, 0) is 42.1 Å². The second kappa shape index (κ2) is 6.58. The van der Waals surface area contributed by atoms with Crippen molar-refractivity contribution in [2.24, 2.45) is 0 Å². The Labute approximate surface area is 129 Å². The van der Waals surface area contributed by atoms with Gasteiger partial charge in [-0.2, -0.15) is 5.10 Å². The Morgan fingerprint density at radius 1 is 1.30 bits per heavy atom. The molecule has 1 saturated carbocycles. The van der Waals surface area contributed by atoms with Gasteiger partial charge in [0.2, 0.25) is 0 Å². The summed E-state index contributed by atoms with van der Waals surface area (Å²) in [5.41, 5.74) is 1.09. The van der Waals surface area contributed by atoms with Crippen LogP contribution in [-0.2, 0) is 19.4 Å². The van der Waals surface area contributed by atoms with Gasteiger partial charge < -0.3 is 10.2 Å². The fourth-order valence-corrected chi connectivity index (χ4v) is 3.81. The lowest BCUT2D eigenvalue weighted by atomic mass is 9.79. The Hall–Kier alpha value is -0.390. The maximum absolute atomic E-state index is 10.6. The van der Waals surface area contributed by atoms with Gasteiger partial charge in [0.1, 0.15) is 0 Å². The van der Waals surface area contributed by atoms with Crippen LogP contribution in [0, 0.1) is 0 Å². The molecule has 4 nitrogen and oxygen atoms in total. The molecule has 20 heavy (non-hydrogen) atoms. The molecule has 0 radical (unpaired) electrons. The molecule has 2 N–H and O–H groups in total. The summed E-state index contributed by atoms with van der Waals surface area (Å²) in [6.45, 7) is 4.89. The van der Waals surface area contributed by atoms with Crippen LogP contribution in [0.5, 0.6) is 0 Å². The van der Waals surface area contributed by atoms with E-state index in [1.165, 1.54) is 0 Å². The monoisotopic (exact) mass is 344 g/mol. The van der Waals surface area contributed by atoms with Gasteiger partial charge in [0, 0.05) is 13.0 Å². The minimum Gasteiger partial charge on any atom is -0.390 e. The number of halogens is 1. The summed E-state index contributed by atoms with van der Waals surface area (Å²) in [5.74, 6) is 0. The van der Waals surface area contributed by atoms with E-state index in [2.05, 4.69) is 28.0 Å². The van der Waals surface area contributed by atoms with E-state index in [0.717, 1.165) is 48.1 Å². The summed E-state index contributed by atoms with van der Waals surface area (Å²) >= 11 is 3.60. The second-order valence-electron chi connectivity index (χ2n) is 5.76. The van der Waals surface area contributed by atoms with Crippen molar-refractivity contribution >= 4 is 15.9 Å². The molecule has 0 saturated heterocycles. The topological polar surface area (TPSA) is 58.3 Å². The van der Waals surface area contributed by atoms with E-state index in [1.807, 2.05) is 11.6 Å². The van der Waals surface area contributed by atoms with E-state index in [4.69, 9.17) is 0 Å². The third kappa shape index (κ3) is 3.10. The van der Waals surface area contributed by atoms with Gasteiger partial charge in [-0.3, -0.25) is 4.68 Å². The van der Waals surface area contributed by atoms with Gasteiger partial charge >= 0.3 is 0 Å². The van der Waals surface area contributed by atoms with E-state index in [9.17, 15) is 10.2 Å². The maximum Gasteiger partial charge on any atom is 0.0909 e. The highest BCUT2D eigenvalue weighted by Crippen LogP contribution is 2.33. The van der Waals surface area contributed by atoms with Crippen molar-refractivity contribution in [3.05, 3.63) is 15.9 Å². The number of aromatic nitrogens is 2. The van der Waals surface area contributed by atoms with Crippen LogP contribution in [0.1, 0.15) is 57.3 Å². The molecule has 1 heterocycles. The number of aryl methyl sites for hydroxylation is 2. The lowest BCUT2D eigenvalue weighted by Crippen LogP contribution is -2.45. The molecule has 0 aromatic carbocycles. The predicted octanol–water partition coefficient (Wildman–Crippen LogP) is 2.83. The quantitative estimate of drug-likeness (QED) is 0.863. The van der Waals surface area contributed by atoms with Gasteiger partial charge in [-0.1, -0.05) is 26.2 Å². The van der Waals surface area contributed by atoms with Crippen molar-refractivity contribution in [1.29, 1.82) is 0 Å². The van der Waals surface area contributed by atoms with Gasteiger partial charge in [-0.25, -0.2) is 0 Å². The van der Waals surface area contributed by atoms with E-state index in [0.29, 0.717) is 19.3 Å². The standard InChI is InChI=1S/C15H25BrN2O2/c1-3-11-14(16)12(18(4-2)17-11)10-13(19)15(20)8-6-5-7-9-15/h13,19-20H,3-10H2,1-2H3. The average molecular weight is 345 g/mol. The van der Waals surface area contributed by atoms with E-state index < -0.39 is 11.7 Å².